The normalized spacial score (nSPS) is 10.6. The minimum atomic E-state index is -1.01. The molecule has 0 radical (unpaired) electrons. The number of aromatic nitrogens is 1. The summed E-state index contributed by atoms with van der Waals surface area (Å²) < 4.78 is 1.76. The van der Waals surface area contributed by atoms with E-state index in [1.807, 2.05) is 67.8 Å². The maximum absolute atomic E-state index is 12.0. The Bertz CT molecular complexity index is 1000. The van der Waals surface area contributed by atoms with E-state index < -0.39 is 5.97 Å². The van der Waals surface area contributed by atoms with Gasteiger partial charge in [0.2, 0.25) is 0 Å². The predicted octanol–water partition coefficient (Wildman–Crippen LogP) is 5.52. The molecule has 3 rings (SSSR count). The highest BCUT2D eigenvalue weighted by atomic mass is 32.2. The summed E-state index contributed by atoms with van der Waals surface area (Å²) in [4.78, 5) is 12.0. The van der Waals surface area contributed by atoms with Crippen LogP contribution in [-0.2, 0) is 6.54 Å². The number of carboxylic acid groups (broad SMARTS) is 1. The van der Waals surface area contributed by atoms with Gasteiger partial charge in [0.15, 0.2) is 0 Å². The smallest absolute Gasteiger partial charge is 0.353 e. The Morgan fingerprint density at radius 2 is 1.67 bits per heavy atom. The van der Waals surface area contributed by atoms with Gasteiger partial charge in [0, 0.05) is 12.1 Å². The highest BCUT2D eigenvalue weighted by Crippen LogP contribution is 2.37. The fourth-order valence-corrected chi connectivity index (χ4v) is 4.07. The number of thioether (sulfide) groups is 1. The van der Waals surface area contributed by atoms with Crippen molar-refractivity contribution < 1.29 is 9.90 Å². The van der Waals surface area contributed by atoms with Crippen molar-refractivity contribution in [2.75, 3.05) is 6.26 Å². The lowest BCUT2D eigenvalue weighted by Crippen LogP contribution is -2.10. The van der Waals surface area contributed by atoms with Gasteiger partial charge in [-0.1, -0.05) is 61.5 Å². The molecule has 136 valence electrons. The third kappa shape index (κ3) is 3.49. The summed E-state index contributed by atoms with van der Waals surface area (Å²) in [5.74, 6) is -1.01. The van der Waals surface area contributed by atoms with Crippen LogP contribution in [0.4, 0.5) is 0 Å². The van der Waals surface area contributed by atoms with Crippen LogP contribution >= 0.6 is 11.8 Å². The summed E-state index contributed by atoms with van der Waals surface area (Å²) in [6.07, 6.45) is 2.66. The summed E-state index contributed by atoms with van der Waals surface area (Å²) >= 11 is 1.41. The molecular weight excluding hydrogens is 356 g/mol. The van der Waals surface area contributed by atoms with Crippen molar-refractivity contribution in [3.8, 4) is 28.3 Å². The van der Waals surface area contributed by atoms with Gasteiger partial charge in [-0.2, -0.15) is 5.26 Å². The predicted molar refractivity (Wildman–Crippen MR) is 109 cm³/mol. The zero-order chi connectivity index (χ0) is 19.4. The second-order valence-electron chi connectivity index (χ2n) is 6.12. The van der Waals surface area contributed by atoms with Crippen LogP contribution in [0, 0.1) is 11.3 Å². The Kier molecular flexibility index (Phi) is 5.68. The number of carbonyl (C=O) groups is 1. The van der Waals surface area contributed by atoms with Gasteiger partial charge in [-0.25, -0.2) is 4.79 Å². The molecule has 0 aliphatic carbocycles. The van der Waals surface area contributed by atoms with Crippen LogP contribution in [0.15, 0.2) is 59.6 Å². The van der Waals surface area contributed by atoms with Crippen LogP contribution in [-0.4, -0.2) is 21.9 Å². The molecule has 0 aliphatic rings. The summed E-state index contributed by atoms with van der Waals surface area (Å²) in [6.45, 7) is 2.56. The first-order valence-electron chi connectivity index (χ1n) is 8.72. The first-order valence-corrected chi connectivity index (χ1v) is 9.94. The van der Waals surface area contributed by atoms with Crippen molar-refractivity contribution in [3.63, 3.8) is 0 Å². The fourth-order valence-electron chi connectivity index (χ4n) is 3.31. The highest BCUT2D eigenvalue weighted by molar-refractivity contribution is 7.98. The molecule has 0 fully saturated rings. The largest absolute Gasteiger partial charge is 0.477 e. The molecule has 1 heterocycles. The lowest BCUT2D eigenvalue weighted by Gasteiger charge is -2.09. The molecule has 4 nitrogen and oxygen atoms in total. The second kappa shape index (κ2) is 8.15. The standard InChI is InChI=1S/C22H20N2O2S/c1-3-13-24-20(22(25)26)19(18(14-23)21(24)27-2)17-11-9-16(10-12-17)15-7-5-4-6-8-15/h4-12H,3,13H2,1-2H3,(H,25,26). The minimum absolute atomic E-state index is 0.185. The van der Waals surface area contributed by atoms with Gasteiger partial charge >= 0.3 is 5.97 Å². The van der Waals surface area contributed by atoms with E-state index in [2.05, 4.69) is 6.07 Å². The molecule has 0 atom stereocenters. The fraction of sp³-hybridized carbons (Fsp3) is 0.182. The molecule has 5 heteroatoms. The average molecular weight is 376 g/mol. The van der Waals surface area contributed by atoms with Gasteiger partial charge < -0.3 is 9.67 Å². The zero-order valence-electron chi connectivity index (χ0n) is 15.3. The first kappa shape index (κ1) is 18.8. The lowest BCUT2D eigenvalue weighted by molar-refractivity contribution is 0.0685. The van der Waals surface area contributed by atoms with Crippen molar-refractivity contribution in [3.05, 3.63) is 65.9 Å². The number of benzene rings is 2. The quantitative estimate of drug-likeness (QED) is 0.575. The Morgan fingerprint density at radius 3 is 2.19 bits per heavy atom. The molecule has 0 saturated heterocycles. The molecule has 3 aromatic rings. The van der Waals surface area contributed by atoms with Crippen LogP contribution in [0.3, 0.4) is 0 Å². The third-order valence-corrected chi connectivity index (χ3v) is 5.26. The SMILES string of the molecule is CCCn1c(SC)c(C#N)c(-c2ccc(-c3ccccc3)cc2)c1C(=O)O. The second-order valence-corrected chi connectivity index (χ2v) is 6.91. The zero-order valence-corrected chi connectivity index (χ0v) is 16.1. The molecule has 0 unspecified atom stereocenters. The molecule has 27 heavy (non-hydrogen) atoms. The van der Waals surface area contributed by atoms with E-state index in [1.165, 1.54) is 11.8 Å². The highest BCUT2D eigenvalue weighted by Gasteiger charge is 2.27. The van der Waals surface area contributed by atoms with Gasteiger partial charge in [0.25, 0.3) is 0 Å². The molecule has 2 aromatic carbocycles. The van der Waals surface area contributed by atoms with Crippen LogP contribution in [0.5, 0.6) is 0 Å². The van der Waals surface area contributed by atoms with E-state index in [-0.39, 0.29) is 5.69 Å². The van der Waals surface area contributed by atoms with Crippen molar-refractivity contribution in [2.24, 2.45) is 0 Å². The van der Waals surface area contributed by atoms with E-state index >= 15 is 0 Å². The van der Waals surface area contributed by atoms with Crippen LogP contribution in [0.25, 0.3) is 22.3 Å². The number of nitriles is 1. The molecule has 1 aromatic heterocycles. The van der Waals surface area contributed by atoms with Crippen molar-refractivity contribution >= 4 is 17.7 Å². The third-order valence-electron chi connectivity index (χ3n) is 4.45. The maximum atomic E-state index is 12.0. The summed E-state index contributed by atoms with van der Waals surface area (Å²) in [5, 5.41) is 20.3. The summed E-state index contributed by atoms with van der Waals surface area (Å²) in [5.41, 5.74) is 4.01. The topological polar surface area (TPSA) is 66.0 Å². The Hall–Kier alpha value is -2.97. The average Bonchev–Trinajstić information content (AvgIpc) is 3.02. The summed E-state index contributed by atoms with van der Waals surface area (Å²) in [6, 6.07) is 19.9. The monoisotopic (exact) mass is 376 g/mol. The molecule has 1 N–H and O–H groups in total. The molecule has 0 spiro atoms. The number of hydrogen-bond donors (Lipinski definition) is 1. The molecule has 0 amide bonds. The van der Waals surface area contributed by atoms with E-state index in [4.69, 9.17) is 0 Å². The van der Waals surface area contributed by atoms with Crippen molar-refractivity contribution in [2.45, 2.75) is 24.9 Å². The first-order chi connectivity index (χ1) is 13.1. The minimum Gasteiger partial charge on any atom is -0.477 e. The summed E-state index contributed by atoms with van der Waals surface area (Å²) in [7, 11) is 0. The lowest BCUT2D eigenvalue weighted by atomic mass is 9.98. The van der Waals surface area contributed by atoms with E-state index in [0.29, 0.717) is 22.7 Å². The Labute approximate surface area is 163 Å². The van der Waals surface area contributed by atoms with Gasteiger partial charge in [-0.05, 0) is 29.4 Å². The van der Waals surface area contributed by atoms with Gasteiger partial charge in [-0.15, -0.1) is 11.8 Å². The van der Waals surface area contributed by atoms with Crippen molar-refractivity contribution in [1.29, 1.82) is 5.26 Å². The van der Waals surface area contributed by atoms with Gasteiger partial charge in [0.05, 0.1) is 10.6 Å². The molecular formula is C22H20N2O2S. The number of carboxylic acids is 1. The van der Waals surface area contributed by atoms with Gasteiger partial charge in [-0.3, -0.25) is 0 Å². The Balaban J connectivity index is 2.19. The van der Waals surface area contributed by atoms with E-state index in [9.17, 15) is 15.2 Å². The maximum Gasteiger partial charge on any atom is 0.353 e. The number of nitrogens with zero attached hydrogens (tertiary/aromatic N) is 2. The molecule has 0 saturated carbocycles. The van der Waals surface area contributed by atoms with E-state index in [1.54, 1.807) is 4.57 Å². The van der Waals surface area contributed by atoms with Crippen molar-refractivity contribution in [1.82, 2.24) is 4.57 Å². The van der Waals surface area contributed by atoms with Crippen LogP contribution < -0.4 is 0 Å². The van der Waals surface area contributed by atoms with Crippen LogP contribution in [0.1, 0.15) is 29.4 Å². The van der Waals surface area contributed by atoms with Crippen LogP contribution in [0.2, 0.25) is 0 Å². The van der Waals surface area contributed by atoms with Gasteiger partial charge in [0.1, 0.15) is 11.8 Å². The Morgan fingerprint density at radius 1 is 1.07 bits per heavy atom. The number of aromatic carboxylic acids is 1. The van der Waals surface area contributed by atoms with E-state index in [0.717, 1.165) is 23.1 Å². The molecule has 0 bridgehead atoms. The number of rotatable bonds is 6. The number of hydrogen-bond acceptors (Lipinski definition) is 3. The molecule has 0 aliphatic heterocycles.